The third-order valence-corrected chi connectivity index (χ3v) is 5.82. The van der Waals surface area contributed by atoms with Gasteiger partial charge in [0, 0.05) is 15.7 Å². The number of carbonyl (C=O) groups is 1. The Hall–Kier alpha value is -3.08. The van der Waals surface area contributed by atoms with Gasteiger partial charge in [-0.15, -0.1) is 0 Å². The molecule has 0 spiro atoms. The zero-order valence-corrected chi connectivity index (χ0v) is 17.4. The van der Waals surface area contributed by atoms with Gasteiger partial charge < -0.3 is 4.42 Å². The molecular weight excluding hydrogens is 421 g/mol. The molecule has 1 atom stereocenters. The van der Waals surface area contributed by atoms with Crippen molar-refractivity contribution in [3.8, 4) is 0 Å². The molecule has 6 heteroatoms. The van der Waals surface area contributed by atoms with Crippen molar-refractivity contribution in [3.05, 3.63) is 109 Å². The van der Waals surface area contributed by atoms with Gasteiger partial charge in [0.15, 0.2) is 5.43 Å². The van der Waals surface area contributed by atoms with Crippen LogP contribution >= 0.6 is 23.2 Å². The number of nitrogens with zero attached hydrogens (tertiary/aromatic N) is 1. The fourth-order valence-corrected chi connectivity index (χ4v) is 4.18. The number of hydrogen-bond acceptors (Lipinski definition) is 3. The summed E-state index contributed by atoms with van der Waals surface area (Å²) >= 11 is 12.2. The van der Waals surface area contributed by atoms with Crippen LogP contribution in [0.2, 0.25) is 10.0 Å². The number of anilines is 1. The van der Waals surface area contributed by atoms with Crippen LogP contribution in [0.4, 0.5) is 5.69 Å². The molecular formula is C24H15Cl2NO3. The average molecular weight is 436 g/mol. The van der Waals surface area contributed by atoms with E-state index in [4.69, 9.17) is 27.6 Å². The van der Waals surface area contributed by atoms with Crippen LogP contribution in [-0.2, 0) is 0 Å². The summed E-state index contributed by atoms with van der Waals surface area (Å²) in [5.74, 6) is -0.307. The van der Waals surface area contributed by atoms with Gasteiger partial charge in [-0.2, -0.15) is 0 Å². The molecule has 30 heavy (non-hydrogen) atoms. The lowest BCUT2D eigenvalue weighted by Gasteiger charge is -2.25. The van der Waals surface area contributed by atoms with Crippen molar-refractivity contribution in [2.24, 2.45) is 0 Å². The van der Waals surface area contributed by atoms with Crippen LogP contribution < -0.4 is 10.3 Å². The van der Waals surface area contributed by atoms with Gasteiger partial charge in [0.25, 0.3) is 5.91 Å². The second-order valence-electron chi connectivity index (χ2n) is 7.28. The predicted molar refractivity (Wildman–Crippen MR) is 119 cm³/mol. The number of carbonyl (C=O) groups excluding carboxylic acids is 1. The Balaban J connectivity index is 1.81. The quantitative estimate of drug-likeness (QED) is 0.378. The lowest BCUT2D eigenvalue weighted by Crippen LogP contribution is -2.29. The molecule has 0 N–H and O–H groups in total. The number of hydrogen-bond donors (Lipinski definition) is 0. The summed E-state index contributed by atoms with van der Waals surface area (Å²) in [7, 11) is 0. The summed E-state index contributed by atoms with van der Waals surface area (Å²) in [4.78, 5) is 28.5. The minimum absolute atomic E-state index is 0.0512. The largest absolute Gasteiger partial charge is 0.450 e. The topological polar surface area (TPSA) is 50.5 Å². The highest BCUT2D eigenvalue weighted by atomic mass is 35.5. The molecule has 0 fully saturated rings. The SMILES string of the molecule is Cc1ccc(N2C(=O)c3oc4ccc(Cl)cc4c(=O)c3C2c2ccc(Cl)cc2)cc1. The van der Waals surface area contributed by atoms with E-state index in [2.05, 4.69) is 0 Å². The molecule has 3 aromatic carbocycles. The Morgan fingerprint density at radius 3 is 2.23 bits per heavy atom. The molecule has 1 unspecified atom stereocenters. The molecule has 4 aromatic rings. The van der Waals surface area contributed by atoms with E-state index in [1.807, 2.05) is 43.3 Å². The molecule has 1 aliphatic heterocycles. The van der Waals surface area contributed by atoms with E-state index < -0.39 is 6.04 Å². The first-order valence-electron chi connectivity index (χ1n) is 9.36. The van der Waals surface area contributed by atoms with Gasteiger partial charge in [-0.1, -0.05) is 53.0 Å². The highest BCUT2D eigenvalue weighted by Gasteiger charge is 2.43. The van der Waals surface area contributed by atoms with Gasteiger partial charge in [0.05, 0.1) is 17.0 Å². The van der Waals surface area contributed by atoms with Gasteiger partial charge >= 0.3 is 0 Å². The molecule has 5 rings (SSSR count). The van der Waals surface area contributed by atoms with Crippen LogP contribution in [0.25, 0.3) is 11.0 Å². The standard InChI is InChI=1S/C24H15Cl2NO3/c1-13-2-9-17(10-3-13)27-21(14-4-6-15(25)7-5-14)20-22(28)18-12-16(26)8-11-19(18)30-23(20)24(27)29/h2-12,21H,1H3. The maximum absolute atomic E-state index is 13.5. The fourth-order valence-electron chi connectivity index (χ4n) is 3.88. The van der Waals surface area contributed by atoms with Crippen molar-refractivity contribution in [1.29, 1.82) is 0 Å². The molecule has 148 valence electrons. The molecule has 0 radical (unpaired) electrons. The molecule has 0 saturated heterocycles. The molecule has 1 aromatic heterocycles. The van der Waals surface area contributed by atoms with E-state index in [9.17, 15) is 9.59 Å². The molecule has 1 aliphatic rings. The molecule has 0 aliphatic carbocycles. The number of halogens is 2. The van der Waals surface area contributed by atoms with Crippen LogP contribution in [0.3, 0.4) is 0 Å². The second kappa shape index (κ2) is 7.01. The lowest BCUT2D eigenvalue weighted by molar-refractivity contribution is 0.0971. The van der Waals surface area contributed by atoms with E-state index in [-0.39, 0.29) is 17.1 Å². The maximum Gasteiger partial charge on any atom is 0.295 e. The van der Waals surface area contributed by atoms with Crippen molar-refractivity contribution in [2.45, 2.75) is 13.0 Å². The maximum atomic E-state index is 13.5. The van der Waals surface area contributed by atoms with E-state index in [0.29, 0.717) is 32.3 Å². The average Bonchev–Trinajstić information content (AvgIpc) is 3.03. The summed E-state index contributed by atoms with van der Waals surface area (Å²) in [6, 6.07) is 18.9. The molecule has 1 amide bonds. The number of amides is 1. The lowest BCUT2D eigenvalue weighted by atomic mass is 9.98. The van der Waals surface area contributed by atoms with Crippen LogP contribution in [0.1, 0.15) is 33.3 Å². The van der Waals surface area contributed by atoms with Gasteiger partial charge in [0.2, 0.25) is 5.76 Å². The molecule has 0 saturated carbocycles. The molecule has 2 heterocycles. The predicted octanol–water partition coefficient (Wildman–Crippen LogP) is 6.16. The molecule has 0 bridgehead atoms. The first-order valence-corrected chi connectivity index (χ1v) is 10.1. The zero-order valence-electron chi connectivity index (χ0n) is 15.9. The van der Waals surface area contributed by atoms with Crippen molar-refractivity contribution in [3.63, 3.8) is 0 Å². The van der Waals surface area contributed by atoms with Crippen molar-refractivity contribution in [1.82, 2.24) is 0 Å². The number of aryl methyl sites for hydroxylation is 1. The second-order valence-corrected chi connectivity index (χ2v) is 8.15. The normalized spacial score (nSPS) is 15.6. The van der Waals surface area contributed by atoms with Gasteiger partial charge in [0.1, 0.15) is 5.58 Å². The summed E-state index contributed by atoms with van der Waals surface area (Å²) in [6.07, 6.45) is 0. The highest BCUT2D eigenvalue weighted by Crippen LogP contribution is 2.41. The third kappa shape index (κ3) is 2.92. The minimum atomic E-state index is -0.632. The molecule has 4 nitrogen and oxygen atoms in total. The monoisotopic (exact) mass is 435 g/mol. The number of rotatable bonds is 2. The minimum Gasteiger partial charge on any atom is -0.450 e. The first kappa shape index (κ1) is 18.9. The van der Waals surface area contributed by atoms with Crippen LogP contribution in [0.5, 0.6) is 0 Å². The van der Waals surface area contributed by atoms with E-state index in [1.165, 1.54) is 0 Å². The Bertz CT molecular complexity index is 1360. The first-order chi connectivity index (χ1) is 14.4. The summed E-state index contributed by atoms with van der Waals surface area (Å²) in [5.41, 5.74) is 2.88. The Kier molecular flexibility index (Phi) is 4.42. The van der Waals surface area contributed by atoms with Gasteiger partial charge in [-0.25, -0.2) is 0 Å². The smallest absolute Gasteiger partial charge is 0.295 e. The summed E-state index contributed by atoms with van der Waals surface area (Å²) in [5, 5.41) is 1.35. The van der Waals surface area contributed by atoms with Crippen molar-refractivity contribution in [2.75, 3.05) is 4.90 Å². The van der Waals surface area contributed by atoms with Crippen LogP contribution in [0, 0.1) is 6.92 Å². The fraction of sp³-hybridized carbons (Fsp3) is 0.0833. The third-order valence-electron chi connectivity index (χ3n) is 5.33. The van der Waals surface area contributed by atoms with Gasteiger partial charge in [-0.3, -0.25) is 14.5 Å². The van der Waals surface area contributed by atoms with Gasteiger partial charge in [-0.05, 0) is 55.0 Å². The Morgan fingerprint density at radius 2 is 1.53 bits per heavy atom. The number of fused-ring (bicyclic) bond motifs is 2. The summed E-state index contributed by atoms with van der Waals surface area (Å²) < 4.78 is 5.93. The Labute approximate surface area is 182 Å². The van der Waals surface area contributed by atoms with E-state index in [0.717, 1.165) is 11.1 Å². The van der Waals surface area contributed by atoms with Crippen molar-refractivity contribution >= 4 is 45.8 Å². The number of benzene rings is 3. The van der Waals surface area contributed by atoms with Crippen LogP contribution in [-0.4, -0.2) is 5.91 Å². The van der Waals surface area contributed by atoms with Crippen LogP contribution in [0.15, 0.2) is 75.9 Å². The summed E-state index contributed by atoms with van der Waals surface area (Å²) in [6.45, 7) is 1.97. The highest BCUT2D eigenvalue weighted by molar-refractivity contribution is 6.31. The van der Waals surface area contributed by atoms with E-state index in [1.54, 1.807) is 35.2 Å². The Morgan fingerprint density at radius 1 is 0.867 bits per heavy atom. The van der Waals surface area contributed by atoms with Crippen molar-refractivity contribution < 1.29 is 9.21 Å². The van der Waals surface area contributed by atoms with E-state index >= 15 is 0 Å². The zero-order chi connectivity index (χ0) is 21.0.